The summed E-state index contributed by atoms with van der Waals surface area (Å²) in [6, 6.07) is 6.91. The van der Waals surface area contributed by atoms with Crippen LogP contribution >= 0.6 is 11.6 Å². The largest absolute Gasteiger partial charge is 0.495 e. The van der Waals surface area contributed by atoms with Crippen molar-refractivity contribution in [3.05, 3.63) is 46.2 Å². The molecule has 0 radical (unpaired) electrons. The fraction of sp³-hybridized carbons (Fsp3) is 0.368. The topological polar surface area (TPSA) is 64.8 Å². The number of benzene rings is 1. The van der Waals surface area contributed by atoms with Crippen molar-refractivity contribution in [2.45, 2.75) is 13.8 Å². The molecule has 0 aliphatic heterocycles. The fourth-order valence-corrected chi connectivity index (χ4v) is 2.99. The van der Waals surface area contributed by atoms with Crippen molar-refractivity contribution in [2.75, 3.05) is 32.6 Å². The molecule has 1 atom stereocenters. The SMILES string of the molecule is COc1ccc(Cl)cc1NC(=O)C[NH+](C)CC(=O)c1cc(C)n(C)c1C. The number of halogens is 1. The quantitative estimate of drug-likeness (QED) is 0.720. The molecular weight excluding hydrogens is 354 g/mol. The van der Waals surface area contributed by atoms with Gasteiger partial charge in [-0.1, -0.05) is 11.6 Å². The summed E-state index contributed by atoms with van der Waals surface area (Å²) in [5, 5.41) is 3.29. The number of anilines is 1. The van der Waals surface area contributed by atoms with Crippen LogP contribution in [0.15, 0.2) is 24.3 Å². The highest BCUT2D eigenvalue weighted by Gasteiger charge is 2.20. The Kier molecular flexibility index (Phi) is 6.45. The van der Waals surface area contributed by atoms with Crippen LogP contribution in [0.2, 0.25) is 5.02 Å². The smallest absolute Gasteiger partial charge is 0.279 e. The van der Waals surface area contributed by atoms with Crippen molar-refractivity contribution < 1.29 is 19.2 Å². The van der Waals surface area contributed by atoms with Crippen LogP contribution in [-0.4, -0.2) is 43.5 Å². The molecule has 1 aromatic carbocycles. The lowest BCUT2D eigenvalue weighted by atomic mass is 10.1. The number of amides is 1. The van der Waals surface area contributed by atoms with E-state index in [2.05, 4.69) is 5.32 Å². The molecule has 1 unspecified atom stereocenters. The molecule has 1 aromatic heterocycles. The van der Waals surface area contributed by atoms with E-state index >= 15 is 0 Å². The van der Waals surface area contributed by atoms with Gasteiger partial charge in [-0.05, 0) is 38.1 Å². The van der Waals surface area contributed by atoms with Crippen molar-refractivity contribution in [1.82, 2.24) is 4.57 Å². The molecule has 0 spiro atoms. The molecule has 0 saturated heterocycles. The molecule has 2 aromatic rings. The van der Waals surface area contributed by atoms with Gasteiger partial charge in [-0.15, -0.1) is 0 Å². The molecular formula is C19H25ClN3O3+. The van der Waals surface area contributed by atoms with E-state index in [-0.39, 0.29) is 24.8 Å². The number of methoxy groups -OCH3 is 1. The molecule has 140 valence electrons. The number of likely N-dealkylation sites (N-methyl/N-ethyl adjacent to an activating group) is 1. The average molecular weight is 379 g/mol. The number of nitrogens with one attached hydrogen (secondary N) is 2. The number of nitrogens with zero attached hydrogens (tertiary/aromatic N) is 1. The highest BCUT2D eigenvalue weighted by molar-refractivity contribution is 6.31. The lowest BCUT2D eigenvalue weighted by molar-refractivity contribution is -0.861. The van der Waals surface area contributed by atoms with Crippen molar-refractivity contribution >= 4 is 29.0 Å². The van der Waals surface area contributed by atoms with Crippen LogP contribution in [0.5, 0.6) is 5.75 Å². The number of hydrogen-bond donors (Lipinski definition) is 2. The first-order valence-electron chi connectivity index (χ1n) is 8.33. The second kappa shape index (κ2) is 8.38. The minimum atomic E-state index is -0.211. The van der Waals surface area contributed by atoms with Crippen LogP contribution in [-0.2, 0) is 11.8 Å². The maximum Gasteiger partial charge on any atom is 0.279 e. The fourth-order valence-electron chi connectivity index (χ4n) is 2.82. The van der Waals surface area contributed by atoms with Crippen LogP contribution in [0.25, 0.3) is 0 Å². The van der Waals surface area contributed by atoms with Crippen molar-refractivity contribution in [1.29, 1.82) is 0 Å². The summed E-state index contributed by atoms with van der Waals surface area (Å²) in [7, 11) is 5.28. The Balaban J connectivity index is 1.98. The molecule has 2 N–H and O–H groups in total. The summed E-state index contributed by atoms with van der Waals surface area (Å²) >= 11 is 5.97. The minimum absolute atomic E-state index is 0.0248. The van der Waals surface area contributed by atoms with Gasteiger partial charge in [0.15, 0.2) is 6.54 Å². The van der Waals surface area contributed by atoms with Gasteiger partial charge in [-0.25, -0.2) is 0 Å². The van der Waals surface area contributed by atoms with Crippen LogP contribution < -0.4 is 15.0 Å². The van der Waals surface area contributed by atoms with E-state index in [4.69, 9.17) is 16.3 Å². The van der Waals surface area contributed by atoms with Gasteiger partial charge < -0.3 is 19.5 Å². The Morgan fingerprint density at radius 1 is 1.23 bits per heavy atom. The molecule has 0 bridgehead atoms. The van der Waals surface area contributed by atoms with Gasteiger partial charge in [0.1, 0.15) is 12.3 Å². The number of hydrogen-bond acceptors (Lipinski definition) is 3. The second-order valence-electron chi connectivity index (χ2n) is 6.47. The summed E-state index contributed by atoms with van der Waals surface area (Å²) in [4.78, 5) is 25.6. The summed E-state index contributed by atoms with van der Waals surface area (Å²) in [6.45, 7) is 4.29. The number of Topliss-reactive ketones (excluding diaryl/α,β-unsaturated/α-hetero) is 1. The Morgan fingerprint density at radius 2 is 1.92 bits per heavy atom. The van der Waals surface area contributed by atoms with Crippen LogP contribution in [0.1, 0.15) is 21.7 Å². The lowest BCUT2D eigenvalue weighted by Gasteiger charge is -2.14. The third-order valence-corrected chi connectivity index (χ3v) is 4.67. The predicted molar refractivity (Wildman–Crippen MR) is 102 cm³/mol. The van der Waals surface area contributed by atoms with E-state index in [1.807, 2.05) is 38.6 Å². The van der Waals surface area contributed by atoms with Gasteiger partial charge in [0, 0.05) is 29.0 Å². The number of ether oxygens (including phenoxy) is 1. The van der Waals surface area contributed by atoms with Gasteiger partial charge >= 0.3 is 0 Å². The van der Waals surface area contributed by atoms with E-state index in [9.17, 15) is 9.59 Å². The number of quaternary nitrogens is 1. The zero-order chi connectivity index (χ0) is 19.4. The summed E-state index contributed by atoms with van der Waals surface area (Å²) in [5.74, 6) is 0.348. The van der Waals surface area contributed by atoms with E-state index in [0.29, 0.717) is 22.0 Å². The van der Waals surface area contributed by atoms with Crippen molar-refractivity contribution in [3.63, 3.8) is 0 Å². The Morgan fingerprint density at radius 3 is 2.50 bits per heavy atom. The first kappa shape index (κ1) is 20.0. The zero-order valence-electron chi connectivity index (χ0n) is 15.8. The molecule has 6 nitrogen and oxygen atoms in total. The Bertz CT molecular complexity index is 830. The number of aryl methyl sites for hydroxylation is 1. The summed E-state index contributed by atoms with van der Waals surface area (Å²) in [5.41, 5.74) is 3.20. The van der Waals surface area contributed by atoms with E-state index in [1.165, 1.54) is 7.11 Å². The second-order valence-corrected chi connectivity index (χ2v) is 6.91. The average Bonchev–Trinajstić information content (AvgIpc) is 2.82. The van der Waals surface area contributed by atoms with Gasteiger partial charge in [0.05, 0.1) is 19.8 Å². The van der Waals surface area contributed by atoms with E-state index < -0.39 is 0 Å². The van der Waals surface area contributed by atoms with Crippen molar-refractivity contribution in [3.8, 4) is 5.75 Å². The lowest BCUT2D eigenvalue weighted by Crippen LogP contribution is -3.11. The highest BCUT2D eigenvalue weighted by atomic mass is 35.5. The van der Waals surface area contributed by atoms with Gasteiger partial charge in [0.25, 0.3) is 5.91 Å². The van der Waals surface area contributed by atoms with Crippen LogP contribution in [0.4, 0.5) is 5.69 Å². The maximum absolute atomic E-state index is 12.5. The highest BCUT2D eigenvalue weighted by Crippen LogP contribution is 2.27. The summed E-state index contributed by atoms with van der Waals surface area (Å²) in [6.07, 6.45) is 0. The number of rotatable bonds is 7. The van der Waals surface area contributed by atoms with Crippen LogP contribution in [0, 0.1) is 13.8 Å². The Hall–Kier alpha value is -2.31. The van der Waals surface area contributed by atoms with E-state index in [1.54, 1.807) is 18.2 Å². The molecule has 2 rings (SSSR count). The molecule has 1 heterocycles. The van der Waals surface area contributed by atoms with Gasteiger partial charge in [0.2, 0.25) is 5.78 Å². The summed E-state index contributed by atoms with van der Waals surface area (Å²) < 4.78 is 7.21. The first-order valence-corrected chi connectivity index (χ1v) is 8.71. The number of aromatic nitrogens is 1. The monoisotopic (exact) mass is 378 g/mol. The first-order chi connectivity index (χ1) is 12.2. The molecule has 0 fully saturated rings. The number of carbonyl (C=O) groups is 2. The molecule has 1 amide bonds. The molecule has 0 aliphatic rings. The standard InChI is InChI=1S/C19H24ClN3O3/c1-12-8-15(13(2)23(12)4)17(24)10-22(3)11-19(25)21-16-9-14(20)6-7-18(16)26-5/h6-9H,10-11H2,1-5H3,(H,21,25)/p+1. The van der Waals surface area contributed by atoms with E-state index in [0.717, 1.165) is 16.3 Å². The molecule has 0 saturated carbocycles. The van der Waals surface area contributed by atoms with Crippen LogP contribution in [0.3, 0.4) is 0 Å². The minimum Gasteiger partial charge on any atom is -0.495 e. The molecule has 26 heavy (non-hydrogen) atoms. The maximum atomic E-state index is 12.5. The third-order valence-electron chi connectivity index (χ3n) is 4.44. The number of carbonyl (C=O) groups excluding carboxylic acids is 2. The third kappa shape index (κ3) is 4.65. The molecule has 7 heteroatoms. The predicted octanol–water partition coefficient (Wildman–Crippen LogP) is 1.64. The van der Waals surface area contributed by atoms with Crippen molar-refractivity contribution in [2.24, 2.45) is 7.05 Å². The normalized spacial score (nSPS) is 11.9. The molecule has 0 aliphatic carbocycles. The Labute approximate surface area is 158 Å². The number of ketones is 1. The zero-order valence-corrected chi connectivity index (χ0v) is 16.5. The van der Waals surface area contributed by atoms with Gasteiger partial charge in [-0.2, -0.15) is 0 Å². The van der Waals surface area contributed by atoms with Gasteiger partial charge in [-0.3, -0.25) is 9.59 Å².